The molecule has 5 nitrogen and oxygen atoms in total. The minimum Gasteiger partial charge on any atom is -0.478 e. The van der Waals surface area contributed by atoms with Crippen molar-refractivity contribution in [2.45, 2.75) is 6.54 Å². The molecule has 7 heteroatoms. The maximum Gasteiger partial charge on any atom is 0.335 e. The molecule has 0 aliphatic heterocycles. The molecule has 96 valence electrons. The number of rotatable bonds is 3. The summed E-state index contributed by atoms with van der Waals surface area (Å²) in [6, 6.07) is 8.78. The lowest BCUT2D eigenvalue weighted by Gasteiger charge is -2.00. The van der Waals surface area contributed by atoms with E-state index in [4.69, 9.17) is 5.11 Å². The second kappa shape index (κ2) is 4.75. The maximum atomic E-state index is 11.0. The van der Waals surface area contributed by atoms with E-state index in [1.54, 1.807) is 28.2 Å². The van der Waals surface area contributed by atoms with Crippen LogP contribution in [-0.4, -0.2) is 26.1 Å². The molecule has 3 rings (SSSR count). The molecule has 0 amide bonds. The van der Waals surface area contributed by atoms with E-state index in [-0.39, 0.29) is 5.56 Å². The van der Waals surface area contributed by atoms with Gasteiger partial charge in [0.15, 0.2) is 0 Å². The Labute approximate surface area is 120 Å². The summed E-state index contributed by atoms with van der Waals surface area (Å²) < 4.78 is 2.76. The molecule has 0 atom stereocenters. The molecule has 0 bridgehead atoms. The van der Waals surface area contributed by atoms with Gasteiger partial charge in [-0.05, 0) is 46.3 Å². The highest BCUT2D eigenvalue weighted by Crippen LogP contribution is 2.23. The van der Waals surface area contributed by atoms with Gasteiger partial charge in [-0.1, -0.05) is 5.21 Å². The molecule has 0 radical (unpaired) electrons. The van der Waals surface area contributed by atoms with Crippen molar-refractivity contribution >= 4 is 44.3 Å². The minimum atomic E-state index is -0.950. The van der Waals surface area contributed by atoms with Crippen LogP contribution in [0, 0.1) is 0 Å². The predicted octanol–water partition coefficient (Wildman–Crippen LogP) is 3.00. The molecule has 19 heavy (non-hydrogen) atoms. The largest absolute Gasteiger partial charge is 0.478 e. The zero-order valence-corrected chi connectivity index (χ0v) is 12.0. The Hall–Kier alpha value is -1.73. The summed E-state index contributed by atoms with van der Waals surface area (Å²) >= 11 is 5.03. The molecule has 0 saturated heterocycles. The Balaban J connectivity index is 2.03. The Morgan fingerprint density at radius 1 is 1.37 bits per heavy atom. The van der Waals surface area contributed by atoms with Crippen LogP contribution in [0.3, 0.4) is 0 Å². The van der Waals surface area contributed by atoms with E-state index >= 15 is 0 Å². The van der Waals surface area contributed by atoms with Crippen molar-refractivity contribution in [2.24, 2.45) is 0 Å². The third-order valence-electron chi connectivity index (χ3n) is 2.70. The molecule has 2 heterocycles. The number of benzene rings is 1. The van der Waals surface area contributed by atoms with Crippen molar-refractivity contribution in [1.29, 1.82) is 0 Å². The Bertz CT molecular complexity index is 765. The number of thiophene rings is 1. The fourth-order valence-electron chi connectivity index (χ4n) is 1.80. The summed E-state index contributed by atoms with van der Waals surface area (Å²) in [6.45, 7) is 0.579. The third-order valence-corrected chi connectivity index (χ3v) is 4.30. The van der Waals surface area contributed by atoms with Gasteiger partial charge in [0.25, 0.3) is 0 Å². The standard InChI is InChI=1S/C12H8BrN3O2S/c13-11-4-2-8(19-11)6-16-10-5-7(12(17)18)1-3-9(10)14-15-16/h1-5H,6H2,(H,17,18). The number of carboxylic acids is 1. The molecular formula is C12H8BrN3O2S. The lowest BCUT2D eigenvalue weighted by molar-refractivity contribution is 0.0697. The van der Waals surface area contributed by atoms with Gasteiger partial charge in [-0.25, -0.2) is 9.48 Å². The molecule has 0 spiro atoms. The van der Waals surface area contributed by atoms with Gasteiger partial charge in [0.1, 0.15) is 5.52 Å². The van der Waals surface area contributed by atoms with E-state index in [9.17, 15) is 4.79 Å². The predicted molar refractivity (Wildman–Crippen MR) is 75.6 cm³/mol. The molecule has 0 saturated carbocycles. The SMILES string of the molecule is O=C(O)c1ccc2nnn(Cc3ccc(Br)s3)c2c1. The van der Waals surface area contributed by atoms with E-state index in [1.807, 2.05) is 12.1 Å². The Morgan fingerprint density at radius 2 is 2.21 bits per heavy atom. The first-order valence-corrected chi connectivity index (χ1v) is 7.05. The summed E-state index contributed by atoms with van der Waals surface area (Å²) in [4.78, 5) is 12.1. The Kier molecular flexibility index (Phi) is 3.08. The van der Waals surface area contributed by atoms with Crippen LogP contribution in [0.4, 0.5) is 0 Å². The first kappa shape index (κ1) is 12.3. The molecular weight excluding hydrogens is 330 g/mol. The van der Waals surface area contributed by atoms with E-state index < -0.39 is 5.97 Å². The number of carbonyl (C=O) groups is 1. The molecule has 3 aromatic rings. The minimum absolute atomic E-state index is 0.239. The molecule has 1 aromatic carbocycles. The average Bonchev–Trinajstić information content (AvgIpc) is 2.96. The molecule has 1 N–H and O–H groups in total. The summed E-state index contributed by atoms with van der Waals surface area (Å²) in [5.41, 5.74) is 1.66. The zero-order chi connectivity index (χ0) is 13.4. The topological polar surface area (TPSA) is 68.0 Å². The van der Waals surface area contributed by atoms with Crippen molar-refractivity contribution in [3.8, 4) is 0 Å². The Morgan fingerprint density at radius 3 is 2.89 bits per heavy atom. The maximum absolute atomic E-state index is 11.0. The highest BCUT2D eigenvalue weighted by Gasteiger charge is 2.10. The van der Waals surface area contributed by atoms with Gasteiger partial charge in [-0.3, -0.25) is 0 Å². The number of aromatic nitrogens is 3. The highest BCUT2D eigenvalue weighted by molar-refractivity contribution is 9.11. The first-order chi connectivity index (χ1) is 9.13. The van der Waals surface area contributed by atoms with Gasteiger partial charge in [-0.2, -0.15) is 0 Å². The molecule has 0 aliphatic rings. The normalized spacial score (nSPS) is 11.0. The van der Waals surface area contributed by atoms with Gasteiger partial charge < -0.3 is 5.11 Å². The van der Waals surface area contributed by atoms with Crippen LogP contribution in [0.5, 0.6) is 0 Å². The number of fused-ring (bicyclic) bond motifs is 1. The van der Waals surface area contributed by atoms with Gasteiger partial charge in [0, 0.05) is 4.88 Å². The molecule has 0 fully saturated rings. The lowest BCUT2D eigenvalue weighted by atomic mass is 10.2. The quantitative estimate of drug-likeness (QED) is 0.797. The number of carboxylic acid groups (broad SMARTS) is 1. The second-order valence-corrected chi connectivity index (χ2v) is 6.51. The van der Waals surface area contributed by atoms with Gasteiger partial charge in [0.2, 0.25) is 0 Å². The van der Waals surface area contributed by atoms with Crippen molar-refractivity contribution in [1.82, 2.24) is 15.0 Å². The smallest absolute Gasteiger partial charge is 0.335 e. The van der Waals surface area contributed by atoms with E-state index in [0.29, 0.717) is 12.1 Å². The van der Waals surface area contributed by atoms with E-state index in [0.717, 1.165) is 14.2 Å². The number of hydrogen-bond donors (Lipinski definition) is 1. The molecule has 0 aliphatic carbocycles. The van der Waals surface area contributed by atoms with Gasteiger partial charge in [0.05, 0.1) is 21.4 Å². The van der Waals surface area contributed by atoms with Crippen LogP contribution in [0.15, 0.2) is 34.1 Å². The summed E-state index contributed by atoms with van der Waals surface area (Å²) in [5.74, 6) is -0.950. The van der Waals surface area contributed by atoms with Crippen molar-refractivity contribution < 1.29 is 9.90 Å². The van der Waals surface area contributed by atoms with Gasteiger partial charge in [-0.15, -0.1) is 16.4 Å². The van der Waals surface area contributed by atoms with Crippen LogP contribution >= 0.6 is 27.3 Å². The fourth-order valence-corrected chi connectivity index (χ4v) is 3.26. The first-order valence-electron chi connectivity index (χ1n) is 5.44. The fraction of sp³-hybridized carbons (Fsp3) is 0.0833. The van der Waals surface area contributed by atoms with Crippen LogP contribution in [-0.2, 0) is 6.54 Å². The highest BCUT2D eigenvalue weighted by atomic mass is 79.9. The molecule has 2 aromatic heterocycles. The average molecular weight is 338 g/mol. The van der Waals surface area contributed by atoms with Crippen LogP contribution in [0.1, 0.15) is 15.2 Å². The summed E-state index contributed by atoms with van der Waals surface area (Å²) in [5, 5.41) is 17.1. The second-order valence-electron chi connectivity index (χ2n) is 3.96. The number of hydrogen-bond acceptors (Lipinski definition) is 4. The number of halogens is 1. The summed E-state index contributed by atoms with van der Waals surface area (Å²) in [7, 11) is 0. The van der Waals surface area contributed by atoms with Crippen LogP contribution in [0.2, 0.25) is 0 Å². The zero-order valence-electron chi connectivity index (χ0n) is 9.58. The van der Waals surface area contributed by atoms with Crippen molar-refractivity contribution in [3.63, 3.8) is 0 Å². The third kappa shape index (κ3) is 2.39. The van der Waals surface area contributed by atoms with Gasteiger partial charge >= 0.3 is 5.97 Å². The lowest BCUT2D eigenvalue weighted by Crippen LogP contribution is -2.01. The van der Waals surface area contributed by atoms with Crippen LogP contribution in [0.25, 0.3) is 11.0 Å². The number of aromatic carboxylic acids is 1. The van der Waals surface area contributed by atoms with Crippen molar-refractivity contribution in [2.75, 3.05) is 0 Å². The summed E-state index contributed by atoms with van der Waals surface area (Å²) in [6.07, 6.45) is 0. The number of nitrogens with zero attached hydrogens (tertiary/aromatic N) is 3. The monoisotopic (exact) mass is 337 g/mol. The van der Waals surface area contributed by atoms with Crippen LogP contribution < -0.4 is 0 Å². The van der Waals surface area contributed by atoms with Crippen molar-refractivity contribution in [3.05, 3.63) is 44.6 Å². The molecule has 0 unspecified atom stereocenters. The van der Waals surface area contributed by atoms with E-state index in [2.05, 4.69) is 26.2 Å². The van der Waals surface area contributed by atoms with E-state index in [1.165, 1.54) is 6.07 Å².